The Labute approximate surface area is 135 Å². The van der Waals surface area contributed by atoms with Crippen LogP contribution in [-0.4, -0.2) is 40.5 Å². The van der Waals surface area contributed by atoms with Crippen LogP contribution in [0.5, 0.6) is 0 Å². The molecule has 2 aliphatic heterocycles. The van der Waals surface area contributed by atoms with E-state index < -0.39 is 0 Å². The molecule has 1 saturated heterocycles. The van der Waals surface area contributed by atoms with Crippen molar-refractivity contribution in [3.63, 3.8) is 0 Å². The van der Waals surface area contributed by atoms with Gasteiger partial charge in [0.15, 0.2) is 0 Å². The van der Waals surface area contributed by atoms with E-state index in [4.69, 9.17) is 0 Å². The van der Waals surface area contributed by atoms with Gasteiger partial charge in [0.05, 0.1) is 11.4 Å². The molecule has 1 aromatic heterocycles. The molecule has 0 saturated carbocycles. The summed E-state index contributed by atoms with van der Waals surface area (Å²) in [5.41, 5.74) is 4.20. The minimum absolute atomic E-state index is 0.00483. The molecule has 3 N–H and O–H groups in total. The summed E-state index contributed by atoms with van der Waals surface area (Å²) >= 11 is 0. The Bertz CT molecular complexity index is 677. The van der Waals surface area contributed by atoms with Crippen LogP contribution in [0.4, 0.5) is 10.5 Å². The van der Waals surface area contributed by atoms with Gasteiger partial charge in [0, 0.05) is 43.9 Å². The quantitative estimate of drug-likeness (QED) is 0.797. The van der Waals surface area contributed by atoms with Gasteiger partial charge in [-0.05, 0) is 37.1 Å². The molecule has 1 fully saturated rings. The summed E-state index contributed by atoms with van der Waals surface area (Å²) < 4.78 is 0. The Morgan fingerprint density at radius 2 is 1.96 bits per heavy atom. The van der Waals surface area contributed by atoms with Gasteiger partial charge in [-0.25, -0.2) is 9.78 Å². The second kappa shape index (κ2) is 6.04. The van der Waals surface area contributed by atoms with Crippen LogP contribution in [0.15, 0.2) is 24.3 Å². The summed E-state index contributed by atoms with van der Waals surface area (Å²) in [6, 6.07) is 7.86. The Balaban J connectivity index is 1.47. The maximum absolute atomic E-state index is 12.1. The molecule has 120 valence electrons. The van der Waals surface area contributed by atoms with E-state index in [2.05, 4.69) is 20.6 Å². The summed E-state index contributed by atoms with van der Waals surface area (Å²) in [4.78, 5) is 22.0. The van der Waals surface area contributed by atoms with Crippen molar-refractivity contribution in [2.75, 3.05) is 25.0 Å². The highest BCUT2D eigenvalue weighted by Gasteiger charge is 2.18. The summed E-state index contributed by atoms with van der Waals surface area (Å²) in [6.45, 7) is 3.55. The largest absolute Gasteiger partial charge is 0.341 e. The van der Waals surface area contributed by atoms with E-state index in [0.717, 1.165) is 68.2 Å². The number of fused-ring (bicyclic) bond motifs is 1. The van der Waals surface area contributed by atoms with E-state index in [0.29, 0.717) is 0 Å². The maximum Gasteiger partial charge on any atom is 0.321 e. The first-order valence-corrected chi connectivity index (χ1v) is 8.24. The van der Waals surface area contributed by atoms with Crippen LogP contribution in [0.25, 0.3) is 11.4 Å². The number of aromatic amines is 1. The van der Waals surface area contributed by atoms with Crippen LogP contribution < -0.4 is 10.6 Å². The third kappa shape index (κ3) is 2.94. The van der Waals surface area contributed by atoms with E-state index in [9.17, 15) is 4.79 Å². The predicted octanol–water partition coefficient (Wildman–Crippen LogP) is 2.35. The third-order valence-electron chi connectivity index (χ3n) is 4.51. The summed E-state index contributed by atoms with van der Waals surface area (Å²) in [5, 5.41) is 6.30. The SMILES string of the molecule is O=C(Nc1ccc(-c2nc3c([nH]2)CNCC3)cc1)N1CCCC1. The van der Waals surface area contributed by atoms with Crippen molar-refractivity contribution < 1.29 is 4.79 Å². The molecule has 6 heteroatoms. The normalized spacial score (nSPS) is 17.1. The number of aromatic nitrogens is 2. The van der Waals surface area contributed by atoms with Crippen LogP contribution in [0.2, 0.25) is 0 Å². The number of hydrogen-bond donors (Lipinski definition) is 3. The van der Waals surface area contributed by atoms with E-state index in [1.165, 1.54) is 5.69 Å². The molecule has 0 atom stereocenters. The van der Waals surface area contributed by atoms with Crippen molar-refractivity contribution in [3.05, 3.63) is 35.7 Å². The Morgan fingerprint density at radius 3 is 2.70 bits per heavy atom. The summed E-state index contributed by atoms with van der Waals surface area (Å²) in [7, 11) is 0. The molecule has 2 aliphatic rings. The van der Waals surface area contributed by atoms with Crippen molar-refractivity contribution in [1.29, 1.82) is 0 Å². The number of H-pyrrole nitrogens is 1. The minimum atomic E-state index is -0.00483. The Hall–Kier alpha value is -2.34. The number of likely N-dealkylation sites (tertiary alicyclic amines) is 1. The highest BCUT2D eigenvalue weighted by atomic mass is 16.2. The van der Waals surface area contributed by atoms with Gasteiger partial charge in [-0.3, -0.25) is 0 Å². The van der Waals surface area contributed by atoms with Gasteiger partial charge in [0.1, 0.15) is 5.82 Å². The van der Waals surface area contributed by atoms with E-state index >= 15 is 0 Å². The first kappa shape index (κ1) is 14.3. The van der Waals surface area contributed by atoms with Gasteiger partial charge in [0.2, 0.25) is 0 Å². The standard InChI is InChI=1S/C17H21N5O/c23-17(22-9-1-2-10-22)19-13-5-3-12(4-6-13)16-20-14-7-8-18-11-15(14)21-16/h3-6,18H,1-2,7-11H2,(H,19,23)(H,20,21). The lowest BCUT2D eigenvalue weighted by Gasteiger charge is -2.16. The second-order valence-electron chi connectivity index (χ2n) is 6.14. The Morgan fingerprint density at radius 1 is 1.17 bits per heavy atom. The van der Waals surface area contributed by atoms with Crippen molar-refractivity contribution in [1.82, 2.24) is 20.2 Å². The zero-order valence-corrected chi connectivity index (χ0v) is 13.1. The van der Waals surface area contributed by atoms with Crippen molar-refractivity contribution in [3.8, 4) is 11.4 Å². The number of carbonyl (C=O) groups excluding carboxylic acids is 1. The average Bonchev–Trinajstić information content (AvgIpc) is 3.25. The van der Waals surface area contributed by atoms with E-state index in [-0.39, 0.29) is 6.03 Å². The van der Waals surface area contributed by atoms with Crippen LogP contribution >= 0.6 is 0 Å². The van der Waals surface area contributed by atoms with Crippen LogP contribution in [-0.2, 0) is 13.0 Å². The third-order valence-corrected chi connectivity index (χ3v) is 4.51. The number of nitrogens with one attached hydrogen (secondary N) is 3. The lowest BCUT2D eigenvalue weighted by Crippen LogP contribution is -2.32. The molecule has 0 radical (unpaired) electrons. The number of benzene rings is 1. The molecule has 6 nitrogen and oxygen atoms in total. The predicted molar refractivity (Wildman–Crippen MR) is 89.3 cm³/mol. The molecule has 0 unspecified atom stereocenters. The smallest absolute Gasteiger partial charge is 0.321 e. The van der Waals surface area contributed by atoms with E-state index in [1.807, 2.05) is 29.2 Å². The number of urea groups is 1. The first-order chi connectivity index (χ1) is 11.3. The average molecular weight is 311 g/mol. The zero-order chi connectivity index (χ0) is 15.6. The fraction of sp³-hybridized carbons (Fsp3) is 0.412. The fourth-order valence-electron chi connectivity index (χ4n) is 3.19. The zero-order valence-electron chi connectivity index (χ0n) is 13.1. The molecule has 1 aromatic carbocycles. The number of imidazole rings is 1. The van der Waals surface area contributed by atoms with Crippen molar-refractivity contribution >= 4 is 11.7 Å². The molecule has 0 bridgehead atoms. The van der Waals surface area contributed by atoms with Crippen molar-refractivity contribution in [2.24, 2.45) is 0 Å². The topological polar surface area (TPSA) is 73.0 Å². The number of carbonyl (C=O) groups is 1. The van der Waals surface area contributed by atoms with Crippen LogP contribution in [0.1, 0.15) is 24.2 Å². The maximum atomic E-state index is 12.1. The van der Waals surface area contributed by atoms with Crippen LogP contribution in [0.3, 0.4) is 0 Å². The molecule has 2 amide bonds. The fourth-order valence-corrected chi connectivity index (χ4v) is 3.19. The molecule has 2 aromatic rings. The first-order valence-electron chi connectivity index (χ1n) is 8.24. The molecule has 0 spiro atoms. The van der Waals surface area contributed by atoms with Crippen molar-refractivity contribution in [2.45, 2.75) is 25.8 Å². The van der Waals surface area contributed by atoms with Gasteiger partial charge in [-0.2, -0.15) is 0 Å². The monoisotopic (exact) mass is 311 g/mol. The number of rotatable bonds is 2. The van der Waals surface area contributed by atoms with Crippen LogP contribution in [0, 0.1) is 0 Å². The summed E-state index contributed by atoms with van der Waals surface area (Å²) in [5.74, 6) is 0.899. The molecule has 4 rings (SSSR count). The van der Waals surface area contributed by atoms with Gasteiger partial charge in [-0.1, -0.05) is 0 Å². The molecular formula is C17H21N5O. The van der Waals surface area contributed by atoms with Gasteiger partial charge in [-0.15, -0.1) is 0 Å². The molecule has 23 heavy (non-hydrogen) atoms. The number of hydrogen-bond acceptors (Lipinski definition) is 3. The lowest BCUT2D eigenvalue weighted by atomic mass is 10.2. The molecule has 3 heterocycles. The summed E-state index contributed by atoms with van der Waals surface area (Å²) in [6.07, 6.45) is 3.17. The van der Waals surface area contributed by atoms with Gasteiger partial charge in [0.25, 0.3) is 0 Å². The Kier molecular flexibility index (Phi) is 3.75. The number of amides is 2. The second-order valence-corrected chi connectivity index (χ2v) is 6.14. The van der Waals surface area contributed by atoms with E-state index in [1.54, 1.807) is 0 Å². The van der Waals surface area contributed by atoms with Gasteiger partial charge >= 0.3 is 6.03 Å². The highest BCUT2D eigenvalue weighted by Crippen LogP contribution is 2.22. The molecule has 0 aliphatic carbocycles. The number of anilines is 1. The lowest BCUT2D eigenvalue weighted by molar-refractivity contribution is 0.222. The number of nitrogens with zero attached hydrogens (tertiary/aromatic N) is 2. The minimum Gasteiger partial charge on any atom is -0.341 e. The van der Waals surface area contributed by atoms with Gasteiger partial charge < -0.3 is 20.5 Å². The highest BCUT2D eigenvalue weighted by molar-refractivity contribution is 5.89. The molecular weight excluding hydrogens is 290 g/mol.